The predicted octanol–water partition coefficient (Wildman–Crippen LogP) is 0.917. The molecule has 0 aliphatic heterocycles. The van der Waals surface area contributed by atoms with Gasteiger partial charge in [0.05, 0.1) is 21.7 Å². The average Bonchev–Trinajstić information content (AvgIpc) is 2.26. The zero-order valence-corrected chi connectivity index (χ0v) is 9.37. The Hall–Kier alpha value is -1.64. The molecule has 0 unspecified atom stereocenters. The maximum absolute atomic E-state index is 10.7. The second-order valence-corrected chi connectivity index (χ2v) is 4.01. The van der Waals surface area contributed by atoms with E-state index in [0.29, 0.717) is 0 Å². The summed E-state index contributed by atoms with van der Waals surface area (Å²) < 4.78 is 21.3. The topological polar surface area (TPSA) is 109 Å². The molecule has 6 nitrogen and oxygen atoms in total. The van der Waals surface area contributed by atoms with Crippen molar-refractivity contribution in [2.75, 3.05) is 0 Å². The van der Waals surface area contributed by atoms with Gasteiger partial charge in [0.2, 0.25) is 0 Å². The van der Waals surface area contributed by atoms with Gasteiger partial charge in [-0.15, -0.1) is 0 Å². The van der Waals surface area contributed by atoms with Crippen molar-refractivity contribution in [3.8, 4) is 0 Å². The molecule has 1 aromatic carbocycles. The molecule has 0 aliphatic rings. The van der Waals surface area contributed by atoms with Gasteiger partial charge in [0.1, 0.15) is 0 Å². The molecule has 0 spiro atoms. The van der Waals surface area contributed by atoms with Crippen LogP contribution in [-0.4, -0.2) is 22.2 Å². The van der Waals surface area contributed by atoms with E-state index < -0.39 is 28.9 Å². The van der Waals surface area contributed by atoms with Crippen LogP contribution in [0.1, 0.15) is 20.7 Å². The van der Waals surface area contributed by atoms with Gasteiger partial charge in [-0.2, -0.15) is 0 Å². The molecule has 1 rings (SSSR count). The lowest BCUT2D eigenvalue weighted by Gasteiger charge is -2.03. The minimum absolute atomic E-state index is 0.169. The van der Waals surface area contributed by atoms with E-state index >= 15 is 0 Å². The van der Waals surface area contributed by atoms with Crippen molar-refractivity contribution in [3.05, 3.63) is 23.3 Å². The maximum Gasteiger partial charge on any atom is 0.336 e. The fourth-order valence-electron chi connectivity index (χ4n) is 1.07. The van der Waals surface area contributed by atoms with Crippen LogP contribution < -0.4 is 10.6 Å². The minimum atomic E-state index is -1.36. The Bertz CT molecular complexity index is 450. The van der Waals surface area contributed by atoms with Gasteiger partial charge in [-0.1, -0.05) is 0 Å². The number of aromatic carboxylic acids is 2. The second kappa shape index (κ2) is 4.92. The lowest BCUT2D eigenvalue weighted by Crippen LogP contribution is -2.19. The van der Waals surface area contributed by atoms with Gasteiger partial charge in [0, 0.05) is 0 Å². The summed E-state index contributed by atoms with van der Waals surface area (Å²) in [5.41, 5.74) is -0.667. The van der Waals surface area contributed by atoms with E-state index in [1.165, 1.54) is 0 Å². The van der Waals surface area contributed by atoms with Gasteiger partial charge in [-0.3, -0.25) is 9.13 Å². The normalized spacial score (nSPS) is 10.5. The molecule has 0 radical (unpaired) electrons. The molecule has 0 saturated carbocycles. The van der Waals surface area contributed by atoms with Crippen molar-refractivity contribution in [2.45, 2.75) is 0 Å². The molecule has 2 N–H and O–H groups in total. The van der Waals surface area contributed by atoms with Crippen molar-refractivity contribution in [1.29, 1.82) is 0 Å². The van der Waals surface area contributed by atoms with Gasteiger partial charge in [0.25, 0.3) is 0 Å². The number of carboxylic acids is 2. The van der Waals surface area contributed by atoms with Crippen molar-refractivity contribution in [1.82, 2.24) is 0 Å². The molecule has 0 bridgehead atoms. The molecule has 0 aliphatic carbocycles. The number of hydrogen-bond donors (Lipinski definition) is 2. The van der Waals surface area contributed by atoms with E-state index in [4.69, 9.17) is 10.2 Å². The van der Waals surface area contributed by atoms with Crippen molar-refractivity contribution >= 4 is 39.5 Å². The SMILES string of the molecule is O=Pc1cc(C(=O)O)c(P=O)cc1C(=O)O. The number of hydrogen-bond acceptors (Lipinski definition) is 4. The van der Waals surface area contributed by atoms with Gasteiger partial charge in [0.15, 0.2) is 16.9 Å². The van der Waals surface area contributed by atoms with E-state index in [2.05, 4.69) is 0 Å². The summed E-state index contributed by atoms with van der Waals surface area (Å²) in [7, 11) is -1.22. The summed E-state index contributed by atoms with van der Waals surface area (Å²) in [6, 6.07) is 1.86. The molecule has 0 heterocycles. The third-order valence-corrected chi connectivity index (χ3v) is 2.90. The Labute approximate surface area is 92.3 Å². The van der Waals surface area contributed by atoms with Gasteiger partial charge >= 0.3 is 11.9 Å². The number of rotatable bonds is 4. The fraction of sp³-hybridized carbons (Fsp3) is 0. The van der Waals surface area contributed by atoms with Crippen LogP contribution in [-0.2, 0) is 9.13 Å². The Morgan fingerprint density at radius 2 is 1.19 bits per heavy atom. The van der Waals surface area contributed by atoms with Crippen molar-refractivity contribution in [2.24, 2.45) is 0 Å². The van der Waals surface area contributed by atoms with Gasteiger partial charge in [-0.05, 0) is 12.1 Å². The first-order valence-corrected chi connectivity index (χ1v) is 5.45. The van der Waals surface area contributed by atoms with Gasteiger partial charge < -0.3 is 10.2 Å². The first kappa shape index (κ1) is 12.4. The Morgan fingerprint density at radius 1 is 0.875 bits per heavy atom. The smallest absolute Gasteiger partial charge is 0.336 e. The summed E-state index contributed by atoms with van der Waals surface area (Å²) in [4.78, 5) is 21.5. The highest BCUT2D eigenvalue weighted by Crippen LogP contribution is 2.11. The monoisotopic (exact) mass is 258 g/mol. The number of carbonyl (C=O) groups is 2. The van der Waals surface area contributed by atoms with Crippen LogP contribution >= 0.6 is 16.9 Å². The predicted molar refractivity (Wildman–Crippen MR) is 54.8 cm³/mol. The number of benzene rings is 1. The minimum Gasteiger partial charge on any atom is -0.478 e. The lowest BCUT2D eigenvalue weighted by atomic mass is 10.1. The highest BCUT2D eigenvalue weighted by atomic mass is 31.1. The summed E-state index contributed by atoms with van der Waals surface area (Å²) in [5, 5.41) is 17.2. The molecule has 8 heteroatoms. The molecule has 16 heavy (non-hydrogen) atoms. The molecule has 1 aromatic rings. The largest absolute Gasteiger partial charge is 0.478 e. The fourth-order valence-corrected chi connectivity index (χ4v) is 1.95. The molecule has 82 valence electrons. The van der Waals surface area contributed by atoms with E-state index in [1.54, 1.807) is 0 Å². The van der Waals surface area contributed by atoms with Crippen molar-refractivity contribution < 1.29 is 28.9 Å². The van der Waals surface area contributed by atoms with Crippen molar-refractivity contribution in [3.63, 3.8) is 0 Å². The van der Waals surface area contributed by atoms with Gasteiger partial charge in [-0.25, -0.2) is 9.59 Å². The van der Waals surface area contributed by atoms with Crippen LogP contribution in [0.4, 0.5) is 0 Å². The highest BCUT2D eigenvalue weighted by molar-refractivity contribution is 7.35. The molecule has 0 aromatic heterocycles. The quantitative estimate of drug-likeness (QED) is 0.777. The molecule has 0 amide bonds. The number of carboxylic acid groups (broad SMARTS) is 2. The van der Waals surface area contributed by atoms with Crippen LogP contribution in [0.3, 0.4) is 0 Å². The third kappa shape index (κ3) is 2.30. The summed E-state index contributed by atoms with van der Waals surface area (Å²) >= 11 is 0. The average molecular weight is 258 g/mol. The van der Waals surface area contributed by atoms with E-state index in [9.17, 15) is 18.7 Å². The summed E-state index contributed by atoms with van der Waals surface area (Å²) in [5.74, 6) is -2.72. The maximum atomic E-state index is 10.7. The summed E-state index contributed by atoms with van der Waals surface area (Å²) in [6.07, 6.45) is 0. The first-order valence-electron chi connectivity index (χ1n) is 3.82. The van der Waals surface area contributed by atoms with E-state index in [1.807, 2.05) is 0 Å². The lowest BCUT2D eigenvalue weighted by molar-refractivity contribution is 0.0683. The second-order valence-electron chi connectivity index (χ2n) is 2.68. The molecule has 0 saturated heterocycles. The third-order valence-electron chi connectivity index (χ3n) is 1.77. The highest BCUT2D eigenvalue weighted by Gasteiger charge is 2.18. The molecular weight excluding hydrogens is 254 g/mol. The van der Waals surface area contributed by atoms with Crippen LogP contribution in [0, 0.1) is 0 Å². The molecule has 0 fully saturated rings. The van der Waals surface area contributed by atoms with Crippen LogP contribution in [0.15, 0.2) is 12.1 Å². The van der Waals surface area contributed by atoms with E-state index in [0.717, 1.165) is 12.1 Å². The Kier molecular flexibility index (Phi) is 3.82. The van der Waals surface area contributed by atoms with Crippen LogP contribution in [0.5, 0.6) is 0 Å². The Balaban J connectivity index is 3.58. The molecular formula is C8H4O6P2. The van der Waals surface area contributed by atoms with Crippen LogP contribution in [0.2, 0.25) is 0 Å². The zero-order valence-electron chi connectivity index (χ0n) is 7.58. The Morgan fingerprint density at radius 3 is 1.38 bits per heavy atom. The summed E-state index contributed by atoms with van der Waals surface area (Å²) in [6.45, 7) is 0. The molecule has 0 atom stereocenters. The van der Waals surface area contributed by atoms with Crippen LogP contribution in [0.25, 0.3) is 0 Å². The standard InChI is InChI=1S/C8H4O6P2/c9-7(10)3-1-5(15-13)4(8(11)12)2-6(3)16-14/h1-2H,(H,9,10)(H,11,12). The van der Waals surface area contributed by atoms with E-state index in [-0.39, 0.29) is 21.7 Å². The first-order chi connectivity index (χ1) is 7.51. The zero-order chi connectivity index (χ0) is 12.3.